The number of hydrogen-bond acceptors (Lipinski definition) is 0. The van der Waals surface area contributed by atoms with Gasteiger partial charge in [-0.15, -0.1) is 0 Å². The number of allylic oxidation sites excluding steroid dienone is 4. The van der Waals surface area contributed by atoms with E-state index in [1.54, 1.807) is 0 Å². The van der Waals surface area contributed by atoms with Crippen molar-refractivity contribution in [1.82, 2.24) is 0 Å². The van der Waals surface area contributed by atoms with Crippen LogP contribution in [0.3, 0.4) is 0 Å². The topological polar surface area (TPSA) is 0 Å². The number of hydrogen-bond donors (Lipinski definition) is 0. The molecule has 0 radical (unpaired) electrons. The molecule has 0 heterocycles. The average molecular weight is 150 g/mol. The summed E-state index contributed by atoms with van der Waals surface area (Å²) in [4.78, 5) is 0. The Morgan fingerprint density at radius 2 is 2.09 bits per heavy atom. The Balaban J connectivity index is 3.00. The molecule has 11 heavy (non-hydrogen) atoms. The van der Waals surface area contributed by atoms with Crippen molar-refractivity contribution < 1.29 is 0 Å². The van der Waals surface area contributed by atoms with Crippen LogP contribution in [0.2, 0.25) is 0 Å². The first-order chi connectivity index (χ1) is 5.08. The molecule has 1 aliphatic rings. The molecule has 0 nitrogen and oxygen atoms in total. The van der Waals surface area contributed by atoms with Crippen LogP contribution >= 0.6 is 0 Å². The Bertz CT molecular complexity index is 204. The van der Waals surface area contributed by atoms with Gasteiger partial charge >= 0.3 is 0 Å². The third kappa shape index (κ3) is 1.55. The Hall–Kier alpha value is -0.520. The Kier molecular flexibility index (Phi) is 2.22. The maximum atomic E-state index is 2.35. The van der Waals surface area contributed by atoms with E-state index in [0.29, 0.717) is 5.41 Å². The fraction of sp³-hybridized carbons (Fsp3) is 0.636. The molecule has 0 saturated carbocycles. The first-order valence-electron chi connectivity index (χ1n) is 4.42. The predicted molar refractivity (Wildman–Crippen MR) is 50.5 cm³/mol. The minimum atomic E-state index is 0.410. The molecule has 0 amide bonds. The maximum Gasteiger partial charge on any atom is -0.0101 e. The molecule has 0 fully saturated rings. The average Bonchev–Trinajstić information content (AvgIpc) is 1.86. The van der Waals surface area contributed by atoms with Gasteiger partial charge in [-0.2, -0.15) is 0 Å². The Morgan fingerprint density at radius 1 is 1.45 bits per heavy atom. The summed E-state index contributed by atoms with van der Waals surface area (Å²) in [5, 5.41) is 0. The molecule has 0 aromatic heterocycles. The second-order valence-electron chi connectivity index (χ2n) is 4.01. The van der Waals surface area contributed by atoms with Crippen molar-refractivity contribution in [2.45, 2.75) is 40.5 Å². The molecule has 0 spiro atoms. The normalized spacial score (nSPS) is 26.9. The first-order valence-corrected chi connectivity index (χ1v) is 4.42. The van der Waals surface area contributed by atoms with Crippen molar-refractivity contribution in [1.29, 1.82) is 0 Å². The molecule has 0 saturated heterocycles. The van der Waals surface area contributed by atoms with E-state index in [4.69, 9.17) is 0 Å². The van der Waals surface area contributed by atoms with Crippen LogP contribution in [-0.2, 0) is 0 Å². The van der Waals surface area contributed by atoms with Crippen LogP contribution in [-0.4, -0.2) is 0 Å². The largest absolute Gasteiger partial charge is 0.0836 e. The smallest absolute Gasteiger partial charge is 0.0101 e. The van der Waals surface area contributed by atoms with Gasteiger partial charge in [0, 0.05) is 0 Å². The van der Waals surface area contributed by atoms with E-state index in [1.807, 2.05) is 0 Å². The van der Waals surface area contributed by atoms with Crippen LogP contribution in [0.25, 0.3) is 0 Å². The van der Waals surface area contributed by atoms with E-state index in [1.165, 1.54) is 24.0 Å². The van der Waals surface area contributed by atoms with E-state index >= 15 is 0 Å². The summed E-state index contributed by atoms with van der Waals surface area (Å²) in [5.41, 5.74) is 3.42. The van der Waals surface area contributed by atoms with Gasteiger partial charge < -0.3 is 0 Å². The molecule has 0 aromatic rings. The summed E-state index contributed by atoms with van der Waals surface area (Å²) in [7, 11) is 0. The fourth-order valence-corrected chi connectivity index (χ4v) is 2.05. The molecule has 0 aromatic carbocycles. The third-order valence-corrected chi connectivity index (χ3v) is 2.66. The highest BCUT2D eigenvalue weighted by Gasteiger charge is 2.25. The molecule has 0 unspecified atom stereocenters. The van der Waals surface area contributed by atoms with Gasteiger partial charge in [-0.25, -0.2) is 0 Å². The molecular formula is C11H18. The summed E-state index contributed by atoms with van der Waals surface area (Å²) in [5.74, 6) is 0. The van der Waals surface area contributed by atoms with Gasteiger partial charge in [0.2, 0.25) is 0 Å². The van der Waals surface area contributed by atoms with E-state index < -0.39 is 0 Å². The quantitative estimate of drug-likeness (QED) is 0.494. The van der Waals surface area contributed by atoms with Gasteiger partial charge in [0.1, 0.15) is 0 Å². The van der Waals surface area contributed by atoms with Crippen LogP contribution in [0.15, 0.2) is 23.3 Å². The van der Waals surface area contributed by atoms with E-state index in [0.717, 1.165) is 0 Å². The van der Waals surface area contributed by atoms with Crippen LogP contribution in [0.5, 0.6) is 0 Å². The standard InChI is InChI=1S/C11H18/c1-5-10-9(2)7-6-8-11(10,3)4/h5,7H,6,8H2,1-4H3/b10-5+. The maximum absolute atomic E-state index is 2.35. The van der Waals surface area contributed by atoms with E-state index in [-0.39, 0.29) is 0 Å². The highest BCUT2D eigenvalue weighted by atomic mass is 14.3. The zero-order valence-electron chi connectivity index (χ0n) is 8.07. The lowest BCUT2D eigenvalue weighted by Crippen LogP contribution is -2.18. The summed E-state index contributed by atoms with van der Waals surface area (Å²) in [6.45, 7) is 9.02. The van der Waals surface area contributed by atoms with E-state index in [9.17, 15) is 0 Å². The lowest BCUT2D eigenvalue weighted by atomic mass is 9.73. The van der Waals surface area contributed by atoms with Gasteiger partial charge in [-0.1, -0.05) is 31.6 Å². The van der Waals surface area contributed by atoms with Crippen LogP contribution < -0.4 is 0 Å². The summed E-state index contributed by atoms with van der Waals surface area (Å²) in [6.07, 6.45) is 7.14. The second kappa shape index (κ2) is 2.84. The lowest BCUT2D eigenvalue weighted by Gasteiger charge is -2.32. The molecule has 1 aliphatic carbocycles. The van der Waals surface area contributed by atoms with Crippen LogP contribution in [0, 0.1) is 5.41 Å². The highest BCUT2D eigenvalue weighted by Crippen LogP contribution is 2.39. The SMILES string of the molecule is C/C=C1\C(C)=CCCC1(C)C. The minimum absolute atomic E-state index is 0.410. The lowest BCUT2D eigenvalue weighted by molar-refractivity contribution is 0.404. The molecule has 0 heteroatoms. The molecular weight excluding hydrogens is 132 g/mol. The van der Waals surface area contributed by atoms with Crippen molar-refractivity contribution in [2.75, 3.05) is 0 Å². The van der Waals surface area contributed by atoms with Gasteiger partial charge in [0.15, 0.2) is 0 Å². The van der Waals surface area contributed by atoms with Gasteiger partial charge in [0.25, 0.3) is 0 Å². The van der Waals surface area contributed by atoms with Crippen LogP contribution in [0.4, 0.5) is 0 Å². The van der Waals surface area contributed by atoms with Gasteiger partial charge in [-0.05, 0) is 37.7 Å². The molecule has 62 valence electrons. The van der Waals surface area contributed by atoms with Crippen molar-refractivity contribution in [3.05, 3.63) is 23.3 Å². The molecule has 1 rings (SSSR count). The van der Waals surface area contributed by atoms with Gasteiger partial charge in [-0.3, -0.25) is 0 Å². The monoisotopic (exact) mass is 150 g/mol. The van der Waals surface area contributed by atoms with Crippen LogP contribution in [0.1, 0.15) is 40.5 Å². The summed E-state index contributed by atoms with van der Waals surface area (Å²) >= 11 is 0. The third-order valence-electron chi connectivity index (χ3n) is 2.66. The molecule has 0 atom stereocenters. The molecule has 0 N–H and O–H groups in total. The Labute approximate surface area is 70.0 Å². The zero-order valence-corrected chi connectivity index (χ0v) is 8.07. The zero-order chi connectivity index (χ0) is 8.48. The molecule has 0 aliphatic heterocycles. The Morgan fingerprint density at radius 3 is 2.45 bits per heavy atom. The second-order valence-corrected chi connectivity index (χ2v) is 4.01. The summed E-state index contributed by atoms with van der Waals surface area (Å²) < 4.78 is 0. The molecule has 0 bridgehead atoms. The van der Waals surface area contributed by atoms with Crippen molar-refractivity contribution in [3.63, 3.8) is 0 Å². The number of rotatable bonds is 0. The van der Waals surface area contributed by atoms with Crippen molar-refractivity contribution >= 4 is 0 Å². The highest BCUT2D eigenvalue weighted by molar-refractivity contribution is 5.36. The van der Waals surface area contributed by atoms with E-state index in [2.05, 4.69) is 39.8 Å². The fourth-order valence-electron chi connectivity index (χ4n) is 2.05. The van der Waals surface area contributed by atoms with Crippen molar-refractivity contribution in [2.24, 2.45) is 5.41 Å². The summed E-state index contributed by atoms with van der Waals surface area (Å²) in [6, 6.07) is 0. The first kappa shape index (κ1) is 8.58. The minimum Gasteiger partial charge on any atom is -0.0836 e. The van der Waals surface area contributed by atoms with Gasteiger partial charge in [0.05, 0.1) is 0 Å². The van der Waals surface area contributed by atoms with Crippen molar-refractivity contribution in [3.8, 4) is 0 Å². The predicted octanol–water partition coefficient (Wildman–Crippen LogP) is 3.70.